The molecule has 29 heavy (non-hydrogen) atoms. The maximum Gasteiger partial charge on any atom is 0.226 e. The van der Waals surface area contributed by atoms with E-state index in [0.29, 0.717) is 29.1 Å². The molecule has 3 aromatic heterocycles. The van der Waals surface area contributed by atoms with Gasteiger partial charge in [0, 0.05) is 18.4 Å². The first-order valence-electron chi connectivity index (χ1n) is 9.31. The molecule has 0 atom stereocenters. The third-order valence-corrected chi connectivity index (χ3v) is 6.26. The summed E-state index contributed by atoms with van der Waals surface area (Å²) in [5.41, 5.74) is 2.26. The molecular weight excluding hydrogens is 404 g/mol. The van der Waals surface area contributed by atoms with Gasteiger partial charge in [0.25, 0.3) is 0 Å². The molecule has 0 saturated heterocycles. The number of carbonyl (C=O) groups is 1. The van der Waals surface area contributed by atoms with Crippen molar-refractivity contribution in [2.45, 2.75) is 32.6 Å². The van der Waals surface area contributed by atoms with Gasteiger partial charge in [-0.05, 0) is 22.9 Å². The second-order valence-electron chi connectivity index (χ2n) is 6.83. The Morgan fingerprint density at radius 3 is 2.72 bits per heavy atom. The molecule has 0 radical (unpaired) electrons. The summed E-state index contributed by atoms with van der Waals surface area (Å²) in [4.78, 5) is 17.6. The van der Waals surface area contributed by atoms with Crippen molar-refractivity contribution in [2.75, 3.05) is 5.32 Å². The van der Waals surface area contributed by atoms with Crippen LogP contribution in [-0.2, 0) is 11.2 Å². The maximum absolute atomic E-state index is 12.2. The predicted octanol–water partition coefficient (Wildman–Crippen LogP) is 5.62. The van der Waals surface area contributed by atoms with E-state index >= 15 is 0 Å². The largest absolute Gasteiger partial charge is 0.441 e. The fraction of sp³-hybridized carbons (Fsp3) is 0.238. The lowest BCUT2D eigenvalue weighted by molar-refractivity contribution is -0.116. The number of nitrogens with zero attached hydrogens (tertiary/aromatic N) is 3. The Bertz CT molecular complexity index is 1080. The molecule has 1 aromatic carbocycles. The third-order valence-electron chi connectivity index (χ3n) is 4.38. The van der Waals surface area contributed by atoms with Crippen LogP contribution in [0.25, 0.3) is 21.2 Å². The number of hydrogen-bond acceptors (Lipinski definition) is 7. The Kier molecular flexibility index (Phi) is 5.82. The monoisotopic (exact) mass is 424 g/mol. The highest BCUT2D eigenvalue weighted by Crippen LogP contribution is 2.30. The molecule has 1 amide bonds. The minimum Gasteiger partial charge on any atom is -0.441 e. The molecule has 6 nitrogen and oxygen atoms in total. The molecule has 0 aliphatic rings. The second-order valence-corrected chi connectivity index (χ2v) is 8.76. The smallest absolute Gasteiger partial charge is 0.226 e. The Morgan fingerprint density at radius 2 is 2.00 bits per heavy atom. The average Bonchev–Trinajstić information content (AvgIpc) is 3.47. The van der Waals surface area contributed by atoms with Crippen LogP contribution in [-0.4, -0.2) is 21.1 Å². The van der Waals surface area contributed by atoms with Crippen LogP contribution in [0.4, 0.5) is 5.13 Å². The van der Waals surface area contributed by atoms with Crippen LogP contribution < -0.4 is 5.32 Å². The number of aryl methyl sites for hydroxylation is 1. The van der Waals surface area contributed by atoms with E-state index in [4.69, 9.17) is 4.42 Å². The predicted molar refractivity (Wildman–Crippen MR) is 116 cm³/mol. The van der Waals surface area contributed by atoms with E-state index < -0.39 is 0 Å². The van der Waals surface area contributed by atoms with Crippen LogP contribution in [0.15, 0.2) is 52.4 Å². The van der Waals surface area contributed by atoms with Gasteiger partial charge in [-0.3, -0.25) is 4.79 Å². The van der Waals surface area contributed by atoms with Gasteiger partial charge in [-0.15, -0.1) is 21.5 Å². The van der Waals surface area contributed by atoms with Crippen molar-refractivity contribution >= 4 is 33.7 Å². The first-order chi connectivity index (χ1) is 14.1. The lowest BCUT2D eigenvalue weighted by Crippen LogP contribution is -2.12. The molecule has 3 heterocycles. The molecule has 0 saturated carbocycles. The fourth-order valence-electron chi connectivity index (χ4n) is 2.77. The van der Waals surface area contributed by atoms with Crippen LogP contribution in [0.5, 0.6) is 0 Å². The molecule has 0 bridgehead atoms. The number of amides is 1. The molecule has 0 aliphatic carbocycles. The van der Waals surface area contributed by atoms with E-state index in [2.05, 4.69) is 46.5 Å². The summed E-state index contributed by atoms with van der Waals surface area (Å²) in [5.74, 6) is 1.60. The zero-order valence-corrected chi connectivity index (χ0v) is 17.7. The average molecular weight is 425 g/mol. The molecule has 0 fully saturated rings. The number of anilines is 1. The molecule has 8 heteroatoms. The van der Waals surface area contributed by atoms with Crippen molar-refractivity contribution < 1.29 is 9.21 Å². The van der Waals surface area contributed by atoms with Crippen LogP contribution in [0.2, 0.25) is 0 Å². The number of hydrogen-bond donors (Lipinski definition) is 1. The molecule has 4 rings (SSSR count). The van der Waals surface area contributed by atoms with Crippen molar-refractivity contribution in [1.82, 2.24) is 15.2 Å². The van der Waals surface area contributed by atoms with Gasteiger partial charge < -0.3 is 9.73 Å². The molecule has 4 aromatic rings. The molecule has 148 valence electrons. The van der Waals surface area contributed by atoms with E-state index in [1.807, 2.05) is 29.6 Å². The number of rotatable bonds is 7. The minimum atomic E-state index is -0.139. The quantitative estimate of drug-likeness (QED) is 0.417. The topological polar surface area (TPSA) is 80.9 Å². The van der Waals surface area contributed by atoms with Gasteiger partial charge in [-0.25, -0.2) is 4.98 Å². The van der Waals surface area contributed by atoms with Gasteiger partial charge in [-0.1, -0.05) is 55.5 Å². The molecule has 0 spiro atoms. The Hall–Kier alpha value is -2.84. The first-order valence-corrected chi connectivity index (χ1v) is 11.0. The van der Waals surface area contributed by atoms with Gasteiger partial charge in [0.05, 0.1) is 11.1 Å². The van der Waals surface area contributed by atoms with Crippen molar-refractivity contribution in [3.8, 4) is 21.2 Å². The minimum absolute atomic E-state index is 0.139. The highest BCUT2D eigenvalue weighted by molar-refractivity contribution is 7.23. The fourth-order valence-corrected chi connectivity index (χ4v) is 4.32. The summed E-state index contributed by atoms with van der Waals surface area (Å²) in [6.07, 6.45) is 2.39. The number of carbonyl (C=O) groups excluding carboxylic acids is 1. The molecule has 0 aliphatic heterocycles. The Morgan fingerprint density at radius 1 is 1.17 bits per heavy atom. The van der Waals surface area contributed by atoms with Crippen LogP contribution in [0.1, 0.15) is 37.6 Å². The van der Waals surface area contributed by atoms with E-state index in [9.17, 15) is 4.79 Å². The maximum atomic E-state index is 12.2. The zero-order valence-electron chi connectivity index (χ0n) is 16.1. The molecule has 1 N–H and O–H groups in total. The normalized spacial score (nSPS) is 11.1. The van der Waals surface area contributed by atoms with E-state index in [1.54, 1.807) is 17.5 Å². The number of oxazole rings is 1. The van der Waals surface area contributed by atoms with E-state index in [1.165, 1.54) is 16.9 Å². The van der Waals surface area contributed by atoms with Crippen molar-refractivity contribution in [3.63, 3.8) is 0 Å². The van der Waals surface area contributed by atoms with Gasteiger partial charge in [0.15, 0.2) is 16.7 Å². The highest BCUT2D eigenvalue weighted by Gasteiger charge is 2.13. The second kappa shape index (κ2) is 8.67. The van der Waals surface area contributed by atoms with Crippen LogP contribution in [0.3, 0.4) is 0 Å². The van der Waals surface area contributed by atoms with Crippen molar-refractivity contribution in [2.24, 2.45) is 0 Å². The zero-order chi connectivity index (χ0) is 20.2. The van der Waals surface area contributed by atoms with Crippen LogP contribution >= 0.6 is 22.7 Å². The summed E-state index contributed by atoms with van der Waals surface area (Å²) >= 11 is 2.96. The third kappa shape index (κ3) is 4.78. The van der Waals surface area contributed by atoms with Crippen molar-refractivity contribution in [1.29, 1.82) is 0 Å². The van der Waals surface area contributed by atoms with Gasteiger partial charge in [0.2, 0.25) is 11.0 Å². The van der Waals surface area contributed by atoms with E-state index in [-0.39, 0.29) is 12.3 Å². The Labute approximate surface area is 176 Å². The van der Waals surface area contributed by atoms with Gasteiger partial charge in [0.1, 0.15) is 0 Å². The summed E-state index contributed by atoms with van der Waals surface area (Å²) in [7, 11) is 0. The lowest BCUT2D eigenvalue weighted by Gasteiger charge is -2.05. The summed E-state index contributed by atoms with van der Waals surface area (Å²) in [6, 6.07) is 12.2. The summed E-state index contributed by atoms with van der Waals surface area (Å²) in [5, 5.41) is 14.2. The molecule has 0 unspecified atom stereocenters. The summed E-state index contributed by atoms with van der Waals surface area (Å²) < 4.78 is 5.81. The van der Waals surface area contributed by atoms with Crippen molar-refractivity contribution in [3.05, 3.63) is 59.4 Å². The summed E-state index contributed by atoms with van der Waals surface area (Å²) in [6.45, 7) is 4.33. The number of thiophene rings is 1. The van der Waals surface area contributed by atoms with Gasteiger partial charge in [-0.2, -0.15) is 0 Å². The molecular formula is C21H20N4O2S2. The number of benzene rings is 1. The SMILES string of the molecule is CC(C)c1ccc(-c2cnc(CCC(=O)Nc3nnc(-c4cccs4)s3)o2)cc1. The highest BCUT2D eigenvalue weighted by atomic mass is 32.1. The standard InChI is InChI=1S/C21H20N4O2S2/c1-13(2)14-5-7-15(8-6-14)16-12-22-19(27-16)10-9-18(26)23-21-25-24-20(29-21)17-4-3-11-28-17/h3-8,11-13H,9-10H2,1-2H3,(H,23,25,26). The Balaban J connectivity index is 1.32. The lowest BCUT2D eigenvalue weighted by atomic mass is 10.0. The van der Waals surface area contributed by atoms with E-state index in [0.717, 1.165) is 15.4 Å². The first kappa shape index (κ1) is 19.5. The number of aromatic nitrogens is 3. The van der Waals surface area contributed by atoms with Gasteiger partial charge >= 0.3 is 0 Å². The van der Waals surface area contributed by atoms with Crippen LogP contribution in [0, 0.1) is 0 Å². The number of nitrogens with one attached hydrogen (secondary N) is 1.